The molecule has 0 spiro atoms. The van der Waals surface area contributed by atoms with Gasteiger partial charge in [-0.25, -0.2) is 4.79 Å². The van der Waals surface area contributed by atoms with E-state index in [2.05, 4.69) is 13.8 Å². The summed E-state index contributed by atoms with van der Waals surface area (Å²) in [5.41, 5.74) is 2.44. The summed E-state index contributed by atoms with van der Waals surface area (Å²) in [6.45, 7) is 5.08. The molecule has 0 atom stereocenters. The predicted molar refractivity (Wildman–Crippen MR) is 82.8 cm³/mol. The zero-order valence-corrected chi connectivity index (χ0v) is 12.9. The quantitative estimate of drug-likeness (QED) is 0.788. The molecule has 0 aliphatic heterocycles. The fraction of sp³-hybridized carbons (Fsp3) is 0.312. The fourth-order valence-electron chi connectivity index (χ4n) is 1.80. The lowest BCUT2D eigenvalue weighted by Crippen LogP contribution is -2.06. The lowest BCUT2D eigenvalue weighted by molar-refractivity contribution is 0.0698. The van der Waals surface area contributed by atoms with Crippen molar-refractivity contribution < 1.29 is 19.4 Å². The molecular formula is C16H18O4S. The average molecular weight is 306 g/mol. The largest absolute Gasteiger partial charge is 0.493 e. The van der Waals surface area contributed by atoms with Gasteiger partial charge in [0.05, 0.1) is 13.2 Å². The van der Waals surface area contributed by atoms with E-state index in [1.165, 1.54) is 22.5 Å². The molecule has 0 amide bonds. The SMILES string of the molecule is Cc1ccc(OCCCOc2ccsc2C(=O)O)cc1C. The molecule has 0 aliphatic carbocycles. The second kappa shape index (κ2) is 7.13. The van der Waals surface area contributed by atoms with Gasteiger partial charge in [0.2, 0.25) is 0 Å². The van der Waals surface area contributed by atoms with Gasteiger partial charge in [0.25, 0.3) is 0 Å². The Morgan fingerprint density at radius 1 is 1.14 bits per heavy atom. The van der Waals surface area contributed by atoms with Crippen molar-refractivity contribution >= 4 is 17.3 Å². The van der Waals surface area contributed by atoms with Gasteiger partial charge in [-0.2, -0.15) is 0 Å². The number of ether oxygens (including phenoxy) is 2. The molecule has 0 saturated heterocycles. The van der Waals surface area contributed by atoms with Gasteiger partial charge < -0.3 is 14.6 Å². The highest BCUT2D eigenvalue weighted by molar-refractivity contribution is 7.12. The van der Waals surface area contributed by atoms with Crippen molar-refractivity contribution in [3.63, 3.8) is 0 Å². The van der Waals surface area contributed by atoms with Crippen LogP contribution in [0.15, 0.2) is 29.6 Å². The number of carbonyl (C=O) groups is 1. The van der Waals surface area contributed by atoms with Crippen LogP contribution in [-0.2, 0) is 0 Å². The van der Waals surface area contributed by atoms with Crippen LogP contribution in [0.3, 0.4) is 0 Å². The van der Waals surface area contributed by atoms with Crippen LogP contribution in [0.25, 0.3) is 0 Å². The first-order valence-corrected chi connectivity index (χ1v) is 7.59. The Balaban J connectivity index is 1.73. The molecule has 0 radical (unpaired) electrons. The van der Waals surface area contributed by atoms with Gasteiger partial charge in [-0.15, -0.1) is 11.3 Å². The van der Waals surface area contributed by atoms with Crippen molar-refractivity contribution in [1.29, 1.82) is 0 Å². The first-order chi connectivity index (χ1) is 10.1. The third kappa shape index (κ3) is 4.23. The highest BCUT2D eigenvalue weighted by Crippen LogP contribution is 2.24. The Morgan fingerprint density at radius 2 is 1.90 bits per heavy atom. The molecule has 4 nitrogen and oxygen atoms in total. The summed E-state index contributed by atoms with van der Waals surface area (Å²) < 4.78 is 11.1. The summed E-state index contributed by atoms with van der Waals surface area (Å²) in [6.07, 6.45) is 0.696. The van der Waals surface area contributed by atoms with Crippen LogP contribution >= 0.6 is 11.3 Å². The number of hydrogen-bond donors (Lipinski definition) is 1. The molecule has 112 valence electrons. The molecule has 0 bridgehead atoms. The van der Waals surface area contributed by atoms with Gasteiger partial charge in [0, 0.05) is 6.42 Å². The summed E-state index contributed by atoms with van der Waals surface area (Å²) in [4.78, 5) is 11.2. The molecule has 2 rings (SSSR count). The maximum Gasteiger partial charge on any atom is 0.349 e. The van der Waals surface area contributed by atoms with Gasteiger partial charge in [0.1, 0.15) is 11.5 Å². The van der Waals surface area contributed by atoms with Crippen LogP contribution in [0.2, 0.25) is 0 Å². The molecule has 2 aromatic rings. The van der Waals surface area contributed by atoms with Crippen LogP contribution < -0.4 is 9.47 Å². The predicted octanol–water partition coefficient (Wildman–Crippen LogP) is 3.91. The van der Waals surface area contributed by atoms with Gasteiger partial charge in [0.15, 0.2) is 4.88 Å². The standard InChI is InChI=1S/C16H18O4S/c1-11-4-5-13(10-12(11)2)19-7-3-8-20-14-6-9-21-15(14)16(17)18/h4-6,9-10H,3,7-8H2,1-2H3,(H,17,18). The number of thiophene rings is 1. The van der Waals surface area contributed by atoms with Crippen LogP contribution in [0, 0.1) is 13.8 Å². The van der Waals surface area contributed by atoms with E-state index in [4.69, 9.17) is 14.6 Å². The van der Waals surface area contributed by atoms with E-state index in [1.807, 2.05) is 18.2 Å². The Bertz CT molecular complexity index is 618. The number of aryl methyl sites for hydroxylation is 2. The second-order valence-electron chi connectivity index (χ2n) is 4.72. The maximum absolute atomic E-state index is 10.9. The van der Waals surface area contributed by atoms with Gasteiger partial charge in [-0.1, -0.05) is 6.07 Å². The van der Waals surface area contributed by atoms with E-state index in [0.29, 0.717) is 25.4 Å². The Kier molecular flexibility index (Phi) is 5.22. The highest BCUT2D eigenvalue weighted by Gasteiger charge is 2.12. The van der Waals surface area contributed by atoms with E-state index < -0.39 is 5.97 Å². The maximum atomic E-state index is 10.9. The van der Waals surface area contributed by atoms with Crippen molar-refractivity contribution in [2.75, 3.05) is 13.2 Å². The first-order valence-electron chi connectivity index (χ1n) is 6.71. The molecule has 1 N–H and O–H groups in total. The Morgan fingerprint density at radius 3 is 2.62 bits per heavy atom. The summed E-state index contributed by atoms with van der Waals surface area (Å²) in [5, 5.41) is 10.7. The van der Waals surface area contributed by atoms with Gasteiger partial charge >= 0.3 is 5.97 Å². The minimum atomic E-state index is -0.952. The number of carboxylic acids is 1. The van der Waals surface area contributed by atoms with Crippen molar-refractivity contribution in [2.24, 2.45) is 0 Å². The van der Waals surface area contributed by atoms with E-state index in [-0.39, 0.29) is 4.88 Å². The zero-order chi connectivity index (χ0) is 15.2. The van der Waals surface area contributed by atoms with Gasteiger partial charge in [-0.3, -0.25) is 0 Å². The second-order valence-corrected chi connectivity index (χ2v) is 5.63. The number of aromatic carboxylic acids is 1. The molecule has 1 aromatic heterocycles. The highest BCUT2D eigenvalue weighted by atomic mass is 32.1. The molecule has 0 fully saturated rings. The van der Waals surface area contributed by atoms with Crippen LogP contribution in [0.1, 0.15) is 27.2 Å². The molecule has 5 heteroatoms. The normalized spacial score (nSPS) is 10.4. The lowest BCUT2D eigenvalue weighted by atomic mass is 10.1. The third-order valence-corrected chi connectivity index (χ3v) is 4.00. The number of hydrogen-bond acceptors (Lipinski definition) is 4. The lowest BCUT2D eigenvalue weighted by Gasteiger charge is -2.09. The first kappa shape index (κ1) is 15.4. The van der Waals surface area contributed by atoms with E-state index >= 15 is 0 Å². The molecule has 1 aromatic carbocycles. The van der Waals surface area contributed by atoms with Gasteiger partial charge in [-0.05, 0) is 48.6 Å². The molecular weight excluding hydrogens is 288 g/mol. The fourth-order valence-corrected chi connectivity index (χ4v) is 2.47. The molecule has 21 heavy (non-hydrogen) atoms. The van der Waals surface area contributed by atoms with Crippen molar-refractivity contribution in [3.8, 4) is 11.5 Å². The monoisotopic (exact) mass is 306 g/mol. The summed E-state index contributed by atoms with van der Waals surface area (Å²) in [5.74, 6) is 0.324. The topological polar surface area (TPSA) is 55.8 Å². The molecule has 0 aliphatic rings. The van der Waals surface area contributed by atoms with Crippen LogP contribution in [0.4, 0.5) is 0 Å². The van der Waals surface area contributed by atoms with E-state index in [9.17, 15) is 4.79 Å². The van der Waals surface area contributed by atoms with Crippen molar-refractivity contribution in [3.05, 3.63) is 45.6 Å². The minimum absolute atomic E-state index is 0.241. The summed E-state index contributed by atoms with van der Waals surface area (Å²) in [6, 6.07) is 7.67. The smallest absolute Gasteiger partial charge is 0.349 e. The number of carboxylic acid groups (broad SMARTS) is 1. The third-order valence-electron chi connectivity index (χ3n) is 3.12. The molecule has 0 unspecified atom stereocenters. The molecule has 0 saturated carbocycles. The molecule has 1 heterocycles. The van der Waals surface area contributed by atoms with E-state index in [1.54, 1.807) is 11.4 Å². The van der Waals surface area contributed by atoms with Crippen LogP contribution in [-0.4, -0.2) is 24.3 Å². The minimum Gasteiger partial charge on any atom is -0.493 e. The number of benzene rings is 1. The average Bonchev–Trinajstić information content (AvgIpc) is 2.91. The number of rotatable bonds is 7. The summed E-state index contributed by atoms with van der Waals surface area (Å²) >= 11 is 1.17. The van der Waals surface area contributed by atoms with Crippen LogP contribution in [0.5, 0.6) is 11.5 Å². The van der Waals surface area contributed by atoms with Crippen molar-refractivity contribution in [1.82, 2.24) is 0 Å². The van der Waals surface area contributed by atoms with E-state index in [0.717, 1.165) is 5.75 Å². The Hall–Kier alpha value is -2.01. The zero-order valence-electron chi connectivity index (χ0n) is 12.1. The van der Waals surface area contributed by atoms with Crippen molar-refractivity contribution in [2.45, 2.75) is 20.3 Å². The summed E-state index contributed by atoms with van der Waals surface area (Å²) in [7, 11) is 0. The Labute approximate surface area is 128 Å².